The van der Waals surface area contributed by atoms with Crippen molar-refractivity contribution in [2.45, 2.75) is 58.9 Å². The van der Waals surface area contributed by atoms with Gasteiger partial charge >= 0.3 is 0 Å². The number of imidazole rings is 2. The highest BCUT2D eigenvalue weighted by Crippen LogP contribution is 2.40. The molecule has 5 nitrogen and oxygen atoms in total. The number of fused-ring (bicyclic) bond motifs is 3. The fourth-order valence-corrected chi connectivity index (χ4v) is 4.02. The third-order valence-electron chi connectivity index (χ3n) is 5.64. The fourth-order valence-electron chi connectivity index (χ4n) is 4.02. The maximum atomic E-state index is 13.5. The van der Waals surface area contributed by atoms with Crippen molar-refractivity contribution in [1.82, 2.24) is 14.0 Å². The number of carbonyl (C=O) groups excluding carboxylic acids is 1. The minimum atomic E-state index is -0.281. The zero-order chi connectivity index (χ0) is 21.8. The first-order chi connectivity index (χ1) is 14.0. The third kappa shape index (κ3) is 3.28. The van der Waals surface area contributed by atoms with E-state index in [9.17, 15) is 9.90 Å². The number of benzene rings is 2. The molecular weight excluding hydrogens is 374 g/mol. The van der Waals surface area contributed by atoms with Gasteiger partial charge in [-0.25, -0.2) is 4.98 Å². The van der Waals surface area contributed by atoms with Gasteiger partial charge in [-0.1, -0.05) is 53.7 Å². The van der Waals surface area contributed by atoms with Gasteiger partial charge in [-0.3, -0.25) is 9.20 Å². The molecule has 0 aliphatic heterocycles. The van der Waals surface area contributed by atoms with E-state index in [1.54, 1.807) is 6.20 Å². The number of hydrogen-bond acceptors (Lipinski definition) is 3. The second-order valence-corrected chi connectivity index (χ2v) is 10.0. The van der Waals surface area contributed by atoms with E-state index in [1.165, 1.54) is 0 Å². The van der Waals surface area contributed by atoms with Gasteiger partial charge in [0.2, 0.25) is 5.78 Å². The standard InChI is InChI=1S/C25H29N3O2/c1-24(2,3)17-13-16(14-18(22(17)30)25(4,5)6)21(29)15-28-20-10-8-7-9-19(20)27-12-11-26-23(27)28/h7-14,30H,15H2,1-6H3. The summed E-state index contributed by atoms with van der Waals surface area (Å²) < 4.78 is 3.96. The summed E-state index contributed by atoms with van der Waals surface area (Å²) in [5.41, 5.74) is 3.63. The zero-order valence-corrected chi connectivity index (χ0v) is 18.5. The smallest absolute Gasteiger partial charge is 0.215 e. The second-order valence-electron chi connectivity index (χ2n) is 10.0. The van der Waals surface area contributed by atoms with Gasteiger partial charge in [-0.05, 0) is 35.1 Å². The molecule has 0 fully saturated rings. The Morgan fingerprint density at radius 1 is 0.967 bits per heavy atom. The van der Waals surface area contributed by atoms with Crippen molar-refractivity contribution in [2.24, 2.45) is 0 Å². The van der Waals surface area contributed by atoms with Gasteiger partial charge in [0.05, 0.1) is 17.6 Å². The molecule has 0 bridgehead atoms. The van der Waals surface area contributed by atoms with Crippen LogP contribution in [0.2, 0.25) is 0 Å². The normalized spacial score (nSPS) is 12.7. The molecule has 0 spiro atoms. The molecular formula is C25H29N3O2. The largest absolute Gasteiger partial charge is 0.507 e. The fraction of sp³-hybridized carbons (Fsp3) is 0.360. The Bertz CT molecular complexity index is 1230. The molecule has 4 rings (SSSR count). The number of phenolic OH excluding ortho intramolecular Hbond substituents is 1. The Kier molecular flexibility index (Phi) is 4.53. The summed E-state index contributed by atoms with van der Waals surface area (Å²) in [6.45, 7) is 12.5. The van der Waals surface area contributed by atoms with Crippen molar-refractivity contribution in [3.63, 3.8) is 0 Å². The number of carbonyl (C=O) groups is 1. The Hall–Kier alpha value is -3.08. The van der Waals surface area contributed by atoms with E-state index in [2.05, 4.69) is 46.5 Å². The molecule has 2 heterocycles. The number of hydrogen-bond donors (Lipinski definition) is 1. The molecule has 0 unspecified atom stereocenters. The molecule has 1 N–H and O–H groups in total. The van der Waals surface area contributed by atoms with Crippen LogP contribution in [-0.2, 0) is 17.4 Å². The Morgan fingerprint density at radius 2 is 1.53 bits per heavy atom. The predicted molar refractivity (Wildman–Crippen MR) is 121 cm³/mol. The molecule has 156 valence electrons. The van der Waals surface area contributed by atoms with E-state index in [4.69, 9.17) is 0 Å². The van der Waals surface area contributed by atoms with Gasteiger partial charge in [0.15, 0.2) is 5.78 Å². The molecule has 2 aromatic carbocycles. The number of para-hydroxylation sites is 2. The summed E-state index contributed by atoms with van der Waals surface area (Å²) in [4.78, 5) is 17.9. The van der Waals surface area contributed by atoms with Crippen LogP contribution in [0.4, 0.5) is 0 Å². The SMILES string of the molecule is CC(C)(C)c1cc(C(=O)Cn2c3ccccc3n3ccnc23)cc(C(C)(C)C)c1O. The third-order valence-corrected chi connectivity index (χ3v) is 5.64. The van der Waals surface area contributed by atoms with E-state index in [-0.39, 0.29) is 28.9 Å². The molecule has 4 aromatic rings. The van der Waals surface area contributed by atoms with E-state index < -0.39 is 0 Å². The van der Waals surface area contributed by atoms with Crippen molar-refractivity contribution < 1.29 is 9.90 Å². The molecule has 0 atom stereocenters. The zero-order valence-electron chi connectivity index (χ0n) is 18.5. The first-order valence-corrected chi connectivity index (χ1v) is 10.3. The van der Waals surface area contributed by atoms with Crippen LogP contribution in [0.3, 0.4) is 0 Å². The van der Waals surface area contributed by atoms with Crippen molar-refractivity contribution in [3.8, 4) is 5.75 Å². The lowest BCUT2D eigenvalue weighted by Gasteiger charge is -2.28. The highest BCUT2D eigenvalue weighted by molar-refractivity contribution is 5.98. The summed E-state index contributed by atoms with van der Waals surface area (Å²) in [5, 5.41) is 10.9. The second kappa shape index (κ2) is 6.73. The van der Waals surface area contributed by atoms with E-state index in [1.807, 2.05) is 51.6 Å². The van der Waals surface area contributed by atoms with Crippen molar-refractivity contribution in [1.29, 1.82) is 0 Å². The van der Waals surface area contributed by atoms with Crippen LogP contribution >= 0.6 is 0 Å². The lowest BCUT2D eigenvalue weighted by Crippen LogP contribution is -2.20. The minimum absolute atomic E-state index is 0.00254. The maximum absolute atomic E-state index is 13.5. The number of Topliss-reactive ketones (excluding diaryl/α,β-unsaturated/α-hetero) is 1. The monoisotopic (exact) mass is 403 g/mol. The molecule has 0 aliphatic carbocycles. The molecule has 2 aromatic heterocycles. The van der Waals surface area contributed by atoms with Crippen LogP contribution in [0.15, 0.2) is 48.8 Å². The Balaban J connectivity index is 1.84. The van der Waals surface area contributed by atoms with Gasteiger partial charge < -0.3 is 9.67 Å². The average Bonchev–Trinajstić information content (AvgIpc) is 3.23. The maximum Gasteiger partial charge on any atom is 0.215 e. The summed E-state index contributed by atoms with van der Waals surface area (Å²) in [6.07, 6.45) is 3.66. The number of nitrogens with zero attached hydrogens (tertiary/aromatic N) is 3. The summed E-state index contributed by atoms with van der Waals surface area (Å²) in [7, 11) is 0. The molecule has 0 aliphatic rings. The van der Waals surface area contributed by atoms with Crippen LogP contribution in [0.5, 0.6) is 5.75 Å². The van der Waals surface area contributed by atoms with Crippen LogP contribution < -0.4 is 0 Å². The van der Waals surface area contributed by atoms with E-state index >= 15 is 0 Å². The van der Waals surface area contributed by atoms with Crippen molar-refractivity contribution >= 4 is 22.6 Å². The number of aromatic hydroxyl groups is 1. The number of rotatable bonds is 3. The number of ketones is 1. The highest BCUT2D eigenvalue weighted by atomic mass is 16.3. The molecule has 0 saturated heterocycles. The predicted octanol–water partition coefficient (Wildman–Crippen LogP) is 5.47. The highest BCUT2D eigenvalue weighted by Gasteiger charge is 2.28. The van der Waals surface area contributed by atoms with Gasteiger partial charge in [-0.2, -0.15) is 0 Å². The lowest BCUT2D eigenvalue weighted by molar-refractivity contribution is 0.0974. The molecule has 0 saturated carbocycles. The Morgan fingerprint density at radius 3 is 2.10 bits per heavy atom. The van der Waals surface area contributed by atoms with Crippen LogP contribution in [0.25, 0.3) is 16.8 Å². The number of phenols is 1. The molecule has 0 amide bonds. The number of aromatic nitrogens is 3. The topological polar surface area (TPSA) is 59.5 Å². The minimum Gasteiger partial charge on any atom is -0.507 e. The Labute approximate surface area is 177 Å². The quantitative estimate of drug-likeness (QED) is 0.461. The van der Waals surface area contributed by atoms with Gasteiger partial charge in [0.1, 0.15) is 5.75 Å². The van der Waals surface area contributed by atoms with Crippen molar-refractivity contribution in [2.75, 3.05) is 0 Å². The summed E-state index contributed by atoms with van der Waals surface area (Å²) in [5.74, 6) is 1.03. The lowest BCUT2D eigenvalue weighted by atomic mass is 9.78. The van der Waals surface area contributed by atoms with Crippen LogP contribution in [-0.4, -0.2) is 24.8 Å². The molecule has 5 heteroatoms. The van der Waals surface area contributed by atoms with E-state index in [0.717, 1.165) is 27.9 Å². The molecule has 30 heavy (non-hydrogen) atoms. The molecule has 0 radical (unpaired) electrons. The van der Waals surface area contributed by atoms with Crippen LogP contribution in [0, 0.1) is 0 Å². The summed E-state index contributed by atoms with van der Waals surface area (Å²) in [6, 6.07) is 11.7. The average molecular weight is 404 g/mol. The summed E-state index contributed by atoms with van der Waals surface area (Å²) >= 11 is 0. The van der Waals surface area contributed by atoms with Crippen LogP contribution in [0.1, 0.15) is 63.0 Å². The van der Waals surface area contributed by atoms with Crippen molar-refractivity contribution in [3.05, 3.63) is 65.5 Å². The van der Waals surface area contributed by atoms with Gasteiger partial charge in [0.25, 0.3) is 0 Å². The van der Waals surface area contributed by atoms with E-state index in [0.29, 0.717) is 5.56 Å². The first kappa shape index (κ1) is 20.2. The first-order valence-electron chi connectivity index (χ1n) is 10.3. The van der Waals surface area contributed by atoms with Gasteiger partial charge in [-0.15, -0.1) is 0 Å². The van der Waals surface area contributed by atoms with Gasteiger partial charge in [0, 0.05) is 29.1 Å².